The molecule has 0 unspecified atom stereocenters. The highest BCUT2D eigenvalue weighted by Gasteiger charge is 2.20. The Morgan fingerprint density at radius 2 is 2.13 bits per heavy atom. The van der Waals surface area contributed by atoms with E-state index in [1.807, 2.05) is 26.8 Å². The fourth-order valence-electron chi connectivity index (χ4n) is 2.22. The predicted octanol–water partition coefficient (Wildman–Crippen LogP) is 1.53. The molecule has 0 radical (unpaired) electrons. The van der Waals surface area contributed by atoms with E-state index in [0.717, 1.165) is 17.8 Å². The van der Waals surface area contributed by atoms with Gasteiger partial charge in [-0.3, -0.25) is 4.79 Å². The van der Waals surface area contributed by atoms with Crippen molar-refractivity contribution in [1.29, 1.82) is 0 Å². The third-order valence-corrected chi connectivity index (χ3v) is 4.31. The molecule has 1 aromatic rings. The lowest BCUT2D eigenvalue weighted by Gasteiger charge is -2.26. The highest BCUT2D eigenvalue weighted by Crippen LogP contribution is 2.20. The van der Waals surface area contributed by atoms with Crippen LogP contribution < -0.4 is 5.32 Å². The van der Waals surface area contributed by atoms with Gasteiger partial charge in [0, 0.05) is 31.0 Å². The van der Waals surface area contributed by atoms with E-state index in [4.69, 9.17) is 4.74 Å². The Morgan fingerprint density at radius 1 is 1.43 bits per heavy atom. The van der Waals surface area contributed by atoms with E-state index in [1.165, 1.54) is 11.8 Å². The van der Waals surface area contributed by atoms with Crippen LogP contribution in [-0.2, 0) is 9.53 Å². The first-order valence-electron chi connectivity index (χ1n) is 7.64. The van der Waals surface area contributed by atoms with Gasteiger partial charge in [0.05, 0.1) is 11.9 Å². The van der Waals surface area contributed by atoms with Crippen LogP contribution in [0.25, 0.3) is 0 Å². The minimum absolute atomic E-state index is 0.0943. The van der Waals surface area contributed by atoms with Gasteiger partial charge in [0.15, 0.2) is 5.16 Å². The number of nitrogens with zero attached hydrogens (tertiary/aromatic N) is 3. The molecule has 0 aliphatic carbocycles. The summed E-state index contributed by atoms with van der Waals surface area (Å²) in [7, 11) is 0. The number of cyclic esters (lactones) is 1. The second-order valence-electron chi connectivity index (χ2n) is 5.44. The maximum Gasteiger partial charge on any atom is 0.409 e. The lowest BCUT2D eigenvalue weighted by atomic mass is 10.3. The number of hydrogen-bond acceptors (Lipinski definition) is 6. The molecule has 2 rings (SSSR count). The lowest BCUT2D eigenvalue weighted by Crippen LogP contribution is -2.43. The largest absolute Gasteiger partial charge is 0.449 e. The topological polar surface area (TPSA) is 84.4 Å². The summed E-state index contributed by atoms with van der Waals surface area (Å²) in [6.45, 7) is 7.65. The number of carbonyl (C=O) groups excluding carboxylic acids is 2. The molecular weight excluding hydrogens is 316 g/mol. The molecular formula is C15H22N4O3S. The van der Waals surface area contributed by atoms with Crippen molar-refractivity contribution < 1.29 is 14.3 Å². The molecule has 2 amide bonds. The average molecular weight is 338 g/mol. The number of carbonyl (C=O) groups is 2. The smallest absolute Gasteiger partial charge is 0.409 e. The van der Waals surface area contributed by atoms with Gasteiger partial charge in [-0.15, -0.1) is 0 Å². The van der Waals surface area contributed by atoms with Crippen molar-refractivity contribution in [1.82, 2.24) is 20.2 Å². The van der Waals surface area contributed by atoms with Crippen LogP contribution in [0.1, 0.15) is 24.7 Å². The van der Waals surface area contributed by atoms with Gasteiger partial charge in [-0.05, 0) is 33.3 Å². The monoisotopic (exact) mass is 338 g/mol. The Bertz CT molecular complexity index is 562. The minimum Gasteiger partial charge on any atom is -0.449 e. The second-order valence-corrected chi connectivity index (χ2v) is 6.75. The molecule has 1 N–H and O–H groups in total. The minimum atomic E-state index is -0.309. The van der Waals surface area contributed by atoms with E-state index in [-0.39, 0.29) is 17.3 Å². The summed E-state index contributed by atoms with van der Waals surface area (Å²) in [4.78, 5) is 33.8. The molecule has 0 aromatic carbocycles. The molecule has 1 aliphatic rings. The van der Waals surface area contributed by atoms with Gasteiger partial charge >= 0.3 is 6.09 Å². The standard InChI is InChI=1S/C15H22N4O3S/c1-10-9-11(2)18-14(17-10)23-12(3)13(20)16-5-7-19-6-4-8-22-15(19)21/h9,12H,4-8H2,1-3H3,(H,16,20)/t12-/m0/s1. The van der Waals surface area contributed by atoms with Crippen LogP contribution in [0.5, 0.6) is 0 Å². The summed E-state index contributed by atoms with van der Waals surface area (Å²) < 4.78 is 4.95. The Hall–Kier alpha value is -1.83. The highest BCUT2D eigenvalue weighted by molar-refractivity contribution is 8.00. The van der Waals surface area contributed by atoms with Gasteiger partial charge in [-0.25, -0.2) is 14.8 Å². The number of aryl methyl sites for hydroxylation is 2. The number of ether oxygens (including phenoxy) is 1. The van der Waals surface area contributed by atoms with E-state index in [2.05, 4.69) is 15.3 Å². The van der Waals surface area contributed by atoms with Crippen molar-refractivity contribution in [2.45, 2.75) is 37.6 Å². The SMILES string of the molecule is Cc1cc(C)nc(S[C@@H](C)C(=O)NCCN2CCCOC2=O)n1. The first kappa shape index (κ1) is 17.5. The normalized spacial score (nSPS) is 16.0. The maximum absolute atomic E-state index is 12.1. The first-order valence-corrected chi connectivity index (χ1v) is 8.52. The van der Waals surface area contributed by atoms with Crippen LogP contribution in [-0.4, -0.2) is 58.4 Å². The van der Waals surface area contributed by atoms with Crippen LogP contribution >= 0.6 is 11.8 Å². The zero-order valence-electron chi connectivity index (χ0n) is 13.7. The summed E-state index contributed by atoms with van der Waals surface area (Å²) >= 11 is 1.33. The summed E-state index contributed by atoms with van der Waals surface area (Å²) in [5.41, 5.74) is 1.77. The molecule has 2 heterocycles. The number of nitrogens with one attached hydrogen (secondary N) is 1. The molecule has 8 heteroatoms. The summed E-state index contributed by atoms with van der Waals surface area (Å²) in [5.74, 6) is -0.0943. The fraction of sp³-hybridized carbons (Fsp3) is 0.600. The fourth-order valence-corrected chi connectivity index (χ4v) is 3.12. The van der Waals surface area contributed by atoms with Crippen LogP contribution in [0.2, 0.25) is 0 Å². The van der Waals surface area contributed by atoms with Crippen molar-refractivity contribution in [3.8, 4) is 0 Å². The van der Waals surface area contributed by atoms with Gasteiger partial charge < -0.3 is 15.0 Å². The van der Waals surface area contributed by atoms with E-state index in [9.17, 15) is 9.59 Å². The van der Waals surface area contributed by atoms with E-state index in [1.54, 1.807) is 4.90 Å². The Morgan fingerprint density at radius 3 is 2.78 bits per heavy atom. The number of hydrogen-bond donors (Lipinski definition) is 1. The van der Waals surface area contributed by atoms with Crippen molar-refractivity contribution in [3.05, 3.63) is 17.5 Å². The third-order valence-electron chi connectivity index (χ3n) is 3.35. The summed E-state index contributed by atoms with van der Waals surface area (Å²) in [6.07, 6.45) is 0.521. The first-order chi connectivity index (χ1) is 11.0. The Kier molecular flexibility index (Phi) is 6.20. The molecule has 0 saturated carbocycles. The molecule has 126 valence electrons. The number of amides is 2. The van der Waals surface area contributed by atoms with Crippen LogP contribution in [0.4, 0.5) is 4.79 Å². The molecule has 1 aromatic heterocycles. The van der Waals surface area contributed by atoms with Crippen molar-refractivity contribution >= 4 is 23.8 Å². The quantitative estimate of drug-likeness (QED) is 0.625. The summed E-state index contributed by atoms with van der Waals surface area (Å²) in [5, 5.41) is 3.14. The van der Waals surface area contributed by atoms with Crippen molar-refractivity contribution in [2.24, 2.45) is 0 Å². The molecule has 1 aliphatic heterocycles. The lowest BCUT2D eigenvalue weighted by molar-refractivity contribution is -0.120. The van der Waals surface area contributed by atoms with Gasteiger partial charge in [0.2, 0.25) is 5.91 Å². The second kappa shape index (κ2) is 8.14. The maximum atomic E-state index is 12.1. The van der Waals surface area contributed by atoms with Crippen LogP contribution in [0, 0.1) is 13.8 Å². The van der Waals surface area contributed by atoms with Gasteiger partial charge in [-0.1, -0.05) is 11.8 Å². The molecule has 0 bridgehead atoms. The highest BCUT2D eigenvalue weighted by atomic mass is 32.2. The van der Waals surface area contributed by atoms with Gasteiger partial charge in [0.25, 0.3) is 0 Å². The Balaban J connectivity index is 1.77. The Labute approximate surface area is 140 Å². The molecule has 1 fully saturated rings. The molecule has 23 heavy (non-hydrogen) atoms. The number of aromatic nitrogens is 2. The van der Waals surface area contributed by atoms with E-state index < -0.39 is 0 Å². The predicted molar refractivity (Wildman–Crippen MR) is 87.4 cm³/mol. The molecule has 1 saturated heterocycles. The van der Waals surface area contributed by atoms with Gasteiger partial charge in [0.1, 0.15) is 0 Å². The van der Waals surface area contributed by atoms with Crippen molar-refractivity contribution in [3.63, 3.8) is 0 Å². The number of thioether (sulfide) groups is 1. The van der Waals surface area contributed by atoms with E-state index >= 15 is 0 Å². The molecule has 1 atom stereocenters. The third kappa shape index (κ3) is 5.38. The zero-order chi connectivity index (χ0) is 16.8. The molecule has 7 nitrogen and oxygen atoms in total. The van der Waals surface area contributed by atoms with E-state index in [0.29, 0.717) is 31.4 Å². The van der Waals surface area contributed by atoms with Crippen LogP contribution in [0.3, 0.4) is 0 Å². The average Bonchev–Trinajstić information content (AvgIpc) is 2.48. The number of rotatable bonds is 6. The molecule has 0 spiro atoms. The zero-order valence-corrected chi connectivity index (χ0v) is 14.5. The van der Waals surface area contributed by atoms with Gasteiger partial charge in [-0.2, -0.15) is 0 Å². The van der Waals surface area contributed by atoms with Crippen molar-refractivity contribution in [2.75, 3.05) is 26.2 Å². The van der Waals surface area contributed by atoms with Crippen LogP contribution in [0.15, 0.2) is 11.2 Å². The summed E-state index contributed by atoms with van der Waals surface area (Å²) in [6, 6.07) is 1.90.